The molecule has 0 aromatic heterocycles. The molecule has 1 aliphatic heterocycles. The summed E-state index contributed by atoms with van der Waals surface area (Å²) in [5, 5.41) is 8.43. The van der Waals surface area contributed by atoms with Crippen LogP contribution in [0.25, 0.3) is 0 Å². The Labute approximate surface area is 160 Å². The topological polar surface area (TPSA) is 96.5 Å². The molecule has 0 spiro atoms. The van der Waals surface area contributed by atoms with Gasteiger partial charge in [0.1, 0.15) is 11.6 Å². The molecule has 7 heteroatoms. The Hall–Kier alpha value is -2.57. The van der Waals surface area contributed by atoms with Crippen LogP contribution in [0.15, 0.2) is 24.3 Å². The summed E-state index contributed by atoms with van der Waals surface area (Å²) in [7, 11) is 0. The first-order valence-corrected chi connectivity index (χ1v) is 9.31. The standard InChI is InChI=1S/C20H29N3O4/c1-13-8-7-11-16(23-19(26)27-20(2,3)4)18(25)21-12-14-9-5-6-10-15(14)22-17(13)24/h5-6,9-10,13,16H,7-8,11-12H2,1-4H3,(H,21,25)(H,22,24)(H,23,26)/t13-,16+/m1/s1. The van der Waals surface area contributed by atoms with Crippen LogP contribution in [0.5, 0.6) is 0 Å². The second-order valence-corrected chi connectivity index (χ2v) is 7.89. The molecule has 0 fully saturated rings. The third-order valence-electron chi connectivity index (χ3n) is 4.31. The summed E-state index contributed by atoms with van der Waals surface area (Å²) in [6, 6.07) is 6.64. The Morgan fingerprint density at radius 1 is 1.15 bits per heavy atom. The zero-order valence-corrected chi connectivity index (χ0v) is 16.4. The molecule has 1 aromatic rings. The summed E-state index contributed by atoms with van der Waals surface area (Å²) >= 11 is 0. The maximum absolute atomic E-state index is 12.6. The number of hydrogen-bond acceptors (Lipinski definition) is 4. The van der Waals surface area contributed by atoms with Gasteiger partial charge in [-0.05, 0) is 45.2 Å². The Balaban J connectivity index is 2.15. The molecule has 0 radical (unpaired) electrons. The van der Waals surface area contributed by atoms with Crippen LogP contribution in [0.4, 0.5) is 10.5 Å². The Bertz CT molecular complexity index is 697. The van der Waals surface area contributed by atoms with E-state index in [-0.39, 0.29) is 24.3 Å². The first-order valence-electron chi connectivity index (χ1n) is 9.31. The molecule has 2 rings (SSSR count). The van der Waals surface area contributed by atoms with E-state index < -0.39 is 17.7 Å². The summed E-state index contributed by atoms with van der Waals surface area (Å²) in [6.45, 7) is 7.43. The van der Waals surface area contributed by atoms with Gasteiger partial charge in [-0.3, -0.25) is 9.59 Å². The first-order chi connectivity index (χ1) is 12.7. The number of amides is 3. The van der Waals surface area contributed by atoms with Crippen LogP contribution in [0.2, 0.25) is 0 Å². The molecule has 7 nitrogen and oxygen atoms in total. The van der Waals surface area contributed by atoms with Crippen LogP contribution < -0.4 is 16.0 Å². The molecule has 3 N–H and O–H groups in total. The van der Waals surface area contributed by atoms with Crippen molar-refractivity contribution in [2.24, 2.45) is 5.92 Å². The van der Waals surface area contributed by atoms with Crippen molar-refractivity contribution in [1.82, 2.24) is 10.6 Å². The number of nitrogens with one attached hydrogen (secondary N) is 3. The van der Waals surface area contributed by atoms with E-state index in [1.165, 1.54) is 0 Å². The van der Waals surface area contributed by atoms with Crippen LogP contribution >= 0.6 is 0 Å². The van der Waals surface area contributed by atoms with Crippen LogP contribution in [-0.2, 0) is 20.9 Å². The molecule has 2 atom stereocenters. The van der Waals surface area contributed by atoms with Crippen LogP contribution in [0, 0.1) is 5.92 Å². The molecule has 27 heavy (non-hydrogen) atoms. The minimum Gasteiger partial charge on any atom is -0.444 e. The molecule has 0 unspecified atom stereocenters. The van der Waals surface area contributed by atoms with Crippen molar-refractivity contribution in [3.05, 3.63) is 29.8 Å². The maximum Gasteiger partial charge on any atom is 0.408 e. The number of benzene rings is 1. The fraction of sp³-hybridized carbons (Fsp3) is 0.550. The third-order valence-corrected chi connectivity index (χ3v) is 4.31. The molecule has 0 saturated heterocycles. The summed E-state index contributed by atoms with van der Waals surface area (Å²) in [4.78, 5) is 37.1. The quantitative estimate of drug-likeness (QED) is 0.703. The first kappa shape index (κ1) is 20.7. The highest BCUT2D eigenvalue weighted by molar-refractivity contribution is 5.93. The summed E-state index contributed by atoms with van der Waals surface area (Å²) in [5.41, 5.74) is 0.854. The van der Waals surface area contributed by atoms with Gasteiger partial charge in [-0.25, -0.2) is 4.79 Å². The summed E-state index contributed by atoms with van der Waals surface area (Å²) < 4.78 is 5.26. The van der Waals surface area contributed by atoms with Gasteiger partial charge in [0.25, 0.3) is 0 Å². The second-order valence-electron chi connectivity index (χ2n) is 7.89. The number of carbonyl (C=O) groups excluding carboxylic acids is 3. The van der Waals surface area contributed by atoms with Gasteiger partial charge in [-0.2, -0.15) is 0 Å². The monoisotopic (exact) mass is 375 g/mol. The van der Waals surface area contributed by atoms with Gasteiger partial charge in [0.05, 0.1) is 0 Å². The average Bonchev–Trinajstić information content (AvgIpc) is 2.57. The van der Waals surface area contributed by atoms with E-state index >= 15 is 0 Å². The Morgan fingerprint density at radius 2 is 1.85 bits per heavy atom. The van der Waals surface area contributed by atoms with Crippen molar-refractivity contribution in [2.45, 2.75) is 65.1 Å². The van der Waals surface area contributed by atoms with E-state index in [9.17, 15) is 14.4 Å². The normalized spacial score (nSPS) is 21.6. The van der Waals surface area contributed by atoms with Gasteiger partial charge in [0, 0.05) is 18.2 Å². The van der Waals surface area contributed by atoms with E-state index in [1.54, 1.807) is 20.8 Å². The number of fused-ring (bicyclic) bond motifs is 1. The van der Waals surface area contributed by atoms with Crippen molar-refractivity contribution in [3.8, 4) is 0 Å². The Kier molecular flexibility index (Phi) is 6.82. The summed E-state index contributed by atoms with van der Waals surface area (Å²) in [6.07, 6.45) is 1.06. The number of carbonyl (C=O) groups is 3. The largest absolute Gasteiger partial charge is 0.444 e. The summed E-state index contributed by atoms with van der Waals surface area (Å²) in [5.74, 6) is -0.510. The van der Waals surface area contributed by atoms with Gasteiger partial charge in [-0.15, -0.1) is 0 Å². The molecule has 0 bridgehead atoms. The van der Waals surface area contributed by atoms with Gasteiger partial charge in [0.2, 0.25) is 11.8 Å². The molecular weight excluding hydrogens is 346 g/mol. The molecule has 0 saturated carbocycles. The lowest BCUT2D eigenvalue weighted by atomic mass is 9.99. The SMILES string of the molecule is C[C@@H]1CCC[C@H](NC(=O)OC(C)(C)C)C(=O)NCc2ccccc2NC1=O. The van der Waals surface area contributed by atoms with Crippen molar-refractivity contribution in [1.29, 1.82) is 0 Å². The number of hydrogen-bond donors (Lipinski definition) is 3. The number of anilines is 1. The van der Waals surface area contributed by atoms with E-state index in [0.717, 1.165) is 5.56 Å². The molecule has 1 aliphatic rings. The highest BCUT2D eigenvalue weighted by Gasteiger charge is 2.25. The van der Waals surface area contributed by atoms with E-state index in [0.29, 0.717) is 24.9 Å². The highest BCUT2D eigenvalue weighted by atomic mass is 16.6. The van der Waals surface area contributed by atoms with E-state index in [2.05, 4.69) is 16.0 Å². The van der Waals surface area contributed by atoms with Crippen LogP contribution in [0.3, 0.4) is 0 Å². The fourth-order valence-corrected chi connectivity index (χ4v) is 2.84. The number of para-hydroxylation sites is 1. The zero-order valence-electron chi connectivity index (χ0n) is 16.4. The van der Waals surface area contributed by atoms with Gasteiger partial charge >= 0.3 is 6.09 Å². The molecule has 0 aliphatic carbocycles. The van der Waals surface area contributed by atoms with Crippen LogP contribution in [-0.4, -0.2) is 29.6 Å². The van der Waals surface area contributed by atoms with Gasteiger partial charge < -0.3 is 20.7 Å². The van der Waals surface area contributed by atoms with Crippen molar-refractivity contribution >= 4 is 23.6 Å². The lowest BCUT2D eigenvalue weighted by Gasteiger charge is -2.24. The second kappa shape index (κ2) is 8.88. The van der Waals surface area contributed by atoms with Crippen molar-refractivity contribution < 1.29 is 19.1 Å². The molecule has 1 heterocycles. The third kappa shape index (κ3) is 6.58. The number of alkyl carbamates (subject to hydrolysis) is 1. The molecular formula is C20H29N3O4. The zero-order chi connectivity index (χ0) is 20.0. The predicted molar refractivity (Wildman–Crippen MR) is 103 cm³/mol. The number of rotatable bonds is 1. The molecule has 3 amide bonds. The lowest BCUT2D eigenvalue weighted by Crippen LogP contribution is -2.48. The van der Waals surface area contributed by atoms with Gasteiger partial charge in [-0.1, -0.05) is 31.5 Å². The van der Waals surface area contributed by atoms with Gasteiger partial charge in [0.15, 0.2) is 0 Å². The predicted octanol–water partition coefficient (Wildman–Crippen LogP) is 2.95. The van der Waals surface area contributed by atoms with E-state index in [4.69, 9.17) is 4.74 Å². The average molecular weight is 375 g/mol. The van der Waals surface area contributed by atoms with E-state index in [1.807, 2.05) is 31.2 Å². The molecule has 1 aromatic carbocycles. The minimum absolute atomic E-state index is 0.0500. The highest BCUT2D eigenvalue weighted by Crippen LogP contribution is 2.19. The fourth-order valence-electron chi connectivity index (χ4n) is 2.84. The van der Waals surface area contributed by atoms with Crippen molar-refractivity contribution in [3.63, 3.8) is 0 Å². The minimum atomic E-state index is -0.707. The molecule has 148 valence electrons. The number of ether oxygens (including phenoxy) is 1. The van der Waals surface area contributed by atoms with Crippen LogP contribution in [0.1, 0.15) is 52.5 Å². The Morgan fingerprint density at radius 3 is 2.56 bits per heavy atom. The lowest BCUT2D eigenvalue weighted by molar-refractivity contribution is -0.123. The maximum atomic E-state index is 12.6. The van der Waals surface area contributed by atoms with Crippen molar-refractivity contribution in [2.75, 3.05) is 5.32 Å². The smallest absolute Gasteiger partial charge is 0.408 e.